The average Bonchev–Trinajstić information content (AvgIpc) is 2.70. The zero-order valence-corrected chi connectivity index (χ0v) is 15.0. The molecule has 0 atom stereocenters. The zero-order chi connectivity index (χ0) is 20.3. The van der Waals surface area contributed by atoms with Gasteiger partial charge in [0.25, 0.3) is 5.69 Å². The number of hydrogen-bond acceptors (Lipinski definition) is 8. The molecular formula is C18H16FNO8. The van der Waals surface area contributed by atoms with Crippen molar-refractivity contribution in [1.82, 2.24) is 0 Å². The van der Waals surface area contributed by atoms with Gasteiger partial charge in [0.2, 0.25) is 0 Å². The van der Waals surface area contributed by atoms with Crippen molar-refractivity contribution in [2.75, 3.05) is 21.0 Å². The standard InChI is InChI=1S/C18H16FNO8/c1-24-15-5-13(14(20(22)23)6-16(15)25-2)18(21)27-8-11-4-12(19)3-10-7-26-9-28-17(10)11/h3-6H,7-9H2,1-2H3. The smallest absolute Gasteiger partial charge is 0.345 e. The number of halogens is 1. The van der Waals surface area contributed by atoms with Crippen molar-refractivity contribution in [2.45, 2.75) is 13.2 Å². The highest BCUT2D eigenvalue weighted by Gasteiger charge is 2.26. The quantitative estimate of drug-likeness (QED) is 0.419. The molecule has 148 valence electrons. The Morgan fingerprint density at radius 3 is 2.61 bits per heavy atom. The predicted octanol–water partition coefficient (Wildman–Crippen LogP) is 2.97. The molecule has 9 nitrogen and oxygen atoms in total. The van der Waals surface area contributed by atoms with Crippen LogP contribution in [0, 0.1) is 15.9 Å². The molecule has 0 radical (unpaired) electrons. The number of ether oxygens (including phenoxy) is 5. The highest BCUT2D eigenvalue weighted by atomic mass is 19.1. The summed E-state index contributed by atoms with van der Waals surface area (Å²) in [5.74, 6) is -0.932. The van der Waals surface area contributed by atoms with Crippen molar-refractivity contribution >= 4 is 11.7 Å². The Bertz CT molecular complexity index is 930. The van der Waals surface area contributed by atoms with Crippen molar-refractivity contribution in [2.24, 2.45) is 0 Å². The summed E-state index contributed by atoms with van der Waals surface area (Å²) in [6.07, 6.45) is 0. The van der Waals surface area contributed by atoms with E-state index in [0.29, 0.717) is 11.3 Å². The van der Waals surface area contributed by atoms with Gasteiger partial charge < -0.3 is 23.7 Å². The molecule has 3 rings (SSSR count). The molecule has 2 aromatic carbocycles. The van der Waals surface area contributed by atoms with Gasteiger partial charge in [0, 0.05) is 17.2 Å². The topological polar surface area (TPSA) is 106 Å². The predicted molar refractivity (Wildman–Crippen MR) is 92.0 cm³/mol. The van der Waals surface area contributed by atoms with Crippen LogP contribution in [0.4, 0.5) is 10.1 Å². The summed E-state index contributed by atoms with van der Waals surface area (Å²) in [5, 5.41) is 11.3. The van der Waals surface area contributed by atoms with Gasteiger partial charge in [-0.15, -0.1) is 0 Å². The third-order valence-corrected chi connectivity index (χ3v) is 4.03. The SMILES string of the molecule is COc1cc(C(=O)OCc2cc(F)cc3c2OCOC3)c([N+](=O)[O-])cc1OC. The lowest BCUT2D eigenvalue weighted by atomic mass is 10.1. The molecule has 1 heterocycles. The summed E-state index contributed by atoms with van der Waals surface area (Å²) < 4.78 is 39.5. The summed E-state index contributed by atoms with van der Waals surface area (Å²) in [6, 6.07) is 4.66. The molecule has 0 saturated heterocycles. The molecule has 2 aromatic rings. The minimum atomic E-state index is -0.974. The summed E-state index contributed by atoms with van der Waals surface area (Å²) in [4.78, 5) is 23.1. The molecule has 0 fully saturated rings. The van der Waals surface area contributed by atoms with E-state index in [2.05, 4.69) is 0 Å². The fourth-order valence-electron chi connectivity index (χ4n) is 2.77. The van der Waals surface area contributed by atoms with Gasteiger partial charge in [-0.2, -0.15) is 0 Å². The molecule has 0 saturated carbocycles. The number of methoxy groups -OCH3 is 2. The normalized spacial score (nSPS) is 12.5. The van der Waals surface area contributed by atoms with Gasteiger partial charge in [0.15, 0.2) is 18.3 Å². The Kier molecular flexibility index (Phi) is 5.59. The number of rotatable bonds is 6. The Morgan fingerprint density at radius 1 is 1.21 bits per heavy atom. The molecule has 0 spiro atoms. The second-order valence-electron chi connectivity index (χ2n) is 5.72. The second-order valence-corrected chi connectivity index (χ2v) is 5.72. The van der Waals surface area contributed by atoms with Crippen molar-refractivity contribution in [3.63, 3.8) is 0 Å². The van der Waals surface area contributed by atoms with E-state index in [1.165, 1.54) is 26.4 Å². The van der Waals surface area contributed by atoms with E-state index in [9.17, 15) is 19.3 Å². The number of nitro benzene ring substituents is 1. The van der Waals surface area contributed by atoms with Crippen LogP contribution in [0.3, 0.4) is 0 Å². The van der Waals surface area contributed by atoms with Crippen LogP contribution in [0.2, 0.25) is 0 Å². The highest BCUT2D eigenvalue weighted by molar-refractivity contribution is 5.95. The van der Waals surface area contributed by atoms with E-state index in [-0.39, 0.29) is 42.6 Å². The van der Waals surface area contributed by atoms with Crippen molar-refractivity contribution < 1.29 is 37.8 Å². The van der Waals surface area contributed by atoms with Crippen LogP contribution in [-0.2, 0) is 22.7 Å². The Hall–Kier alpha value is -3.40. The minimum Gasteiger partial charge on any atom is -0.493 e. The molecule has 1 aliphatic heterocycles. The van der Waals surface area contributed by atoms with Crippen LogP contribution >= 0.6 is 0 Å². The van der Waals surface area contributed by atoms with E-state index in [1.807, 2.05) is 0 Å². The average molecular weight is 393 g/mol. The number of esters is 1. The Balaban J connectivity index is 1.88. The lowest BCUT2D eigenvalue weighted by Crippen LogP contribution is -2.15. The summed E-state index contributed by atoms with van der Waals surface area (Å²) in [7, 11) is 2.65. The molecule has 0 aliphatic carbocycles. The largest absolute Gasteiger partial charge is 0.493 e. The number of carbonyl (C=O) groups is 1. The molecule has 0 unspecified atom stereocenters. The van der Waals surface area contributed by atoms with Crippen molar-refractivity contribution in [1.29, 1.82) is 0 Å². The lowest BCUT2D eigenvalue weighted by Gasteiger charge is -2.20. The lowest BCUT2D eigenvalue weighted by molar-refractivity contribution is -0.385. The summed E-state index contributed by atoms with van der Waals surface area (Å²) >= 11 is 0. The van der Waals surface area contributed by atoms with E-state index < -0.39 is 22.4 Å². The van der Waals surface area contributed by atoms with E-state index in [1.54, 1.807) is 0 Å². The van der Waals surface area contributed by atoms with Gasteiger partial charge in [-0.25, -0.2) is 9.18 Å². The molecule has 0 aromatic heterocycles. The van der Waals surface area contributed by atoms with Gasteiger partial charge in [-0.3, -0.25) is 10.1 Å². The fraction of sp³-hybridized carbons (Fsp3) is 0.278. The monoisotopic (exact) mass is 393 g/mol. The van der Waals surface area contributed by atoms with Crippen LogP contribution < -0.4 is 14.2 Å². The molecule has 28 heavy (non-hydrogen) atoms. The first-order valence-electron chi connectivity index (χ1n) is 8.04. The Labute approximate surface area is 158 Å². The second kappa shape index (κ2) is 8.09. The first kappa shape index (κ1) is 19.4. The number of hydrogen-bond donors (Lipinski definition) is 0. The number of nitrogens with zero attached hydrogens (tertiary/aromatic N) is 1. The van der Waals surface area contributed by atoms with Crippen molar-refractivity contribution in [3.05, 3.63) is 56.9 Å². The third kappa shape index (κ3) is 3.81. The van der Waals surface area contributed by atoms with Crippen molar-refractivity contribution in [3.8, 4) is 17.2 Å². The van der Waals surface area contributed by atoms with Crippen LogP contribution in [0.1, 0.15) is 21.5 Å². The maximum Gasteiger partial charge on any atom is 0.345 e. The number of benzene rings is 2. The number of nitro groups is 1. The first-order chi connectivity index (χ1) is 13.4. The van der Waals surface area contributed by atoms with Gasteiger partial charge in [-0.05, 0) is 12.1 Å². The molecule has 0 N–H and O–H groups in total. The van der Waals surface area contributed by atoms with Gasteiger partial charge in [0.1, 0.15) is 23.7 Å². The van der Waals surface area contributed by atoms with Gasteiger partial charge in [-0.1, -0.05) is 0 Å². The minimum absolute atomic E-state index is 0.0132. The maximum atomic E-state index is 13.8. The maximum absolute atomic E-state index is 13.8. The van der Waals surface area contributed by atoms with E-state index in [0.717, 1.165) is 12.1 Å². The zero-order valence-electron chi connectivity index (χ0n) is 15.0. The van der Waals surface area contributed by atoms with Gasteiger partial charge in [0.05, 0.1) is 31.8 Å². The summed E-state index contributed by atoms with van der Waals surface area (Å²) in [6.45, 7) is -0.194. The van der Waals surface area contributed by atoms with E-state index in [4.69, 9.17) is 23.7 Å². The Morgan fingerprint density at radius 2 is 1.93 bits per heavy atom. The number of fused-ring (bicyclic) bond motifs is 1. The van der Waals surface area contributed by atoms with E-state index >= 15 is 0 Å². The fourth-order valence-corrected chi connectivity index (χ4v) is 2.77. The molecule has 0 bridgehead atoms. The molecule has 1 aliphatic rings. The summed E-state index contributed by atoms with van der Waals surface area (Å²) in [5.41, 5.74) is -0.0603. The van der Waals surface area contributed by atoms with Crippen LogP contribution in [0.5, 0.6) is 17.2 Å². The van der Waals surface area contributed by atoms with Crippen LogP contribution in [0.25, 0.3) is 0 Å². The first-order valence-corrected chi connectivity index (χ1v) is 8.04. The third-order valence-electron chi connectivity index (χ3n) is 4.03. The van der Waals surface area contributed by atoms with Crippen LogP contribution in [-0.4, -0.2) is 31.9 Å². The molecule has 0 amide bonds. The van der Waals surface area contributed by atoms with Gasteiger partial charge >= 0.3 is 5.97 Å². The number of carbonyl (C=O) groups excluding carboxylic acids is 1. The molecular weight excluding hydrogens is 377 g/mol. The van der Waals surface area contributed by atoms with Crippen LogP contribution in [0.15, 0.2) is 24.3 Å². The highest BCUT2D eigenvalue weighted by Crippen LogP contribution is 2.35. The molecule has 10 heteroatoms.